The van der Waals surface area contributed by atoms with Crippen LogP contribution in [0.25, 0.3) is 0 Å². The molecule has 1 amide bonds. The smallest absolute Gasteiger partial charge is 0.234 e. The summed E-state index contributed by atoms with van der Waals surface area (Å²) >= 11 is 1.64. The lowest BCUT2D eigenvalue weighted by Gasteiger charge is -2.34. The van der Waals surface area contributed by atoms with E-state index in [9.17, 15) is 4.79 Å². The molecule has 0 aromatic carbocycles. The van der Waals surface area contributed by atoms with Crippen LogP contribution in [0.2, 0.25) is 0 Å². The Labute approximate surface area is 131 Å². The third kappa shape index (κ3) is 5.37. The van der Waals surface area contributed by atoms with Crippen LogP contribution in [-0.4, -0.2) is 59.0 Å². The molecule has 1 saturated heterocycles. The van der Waals surface area contributed by atoms with Crippen LogP contribution in [0.3, 0.4) is 0 Å². The monoisotopic (exact) mass is 310 g/mol. The Bertz CT molecular complexity index is 439. The number of carbonyl (C=O) groups is 1. The topological polar surface area (TPSA) is 48.5 Å². The first kappa shape index (κ1) is 16.4. The van der Waals surface area contributed by atoms with Crippen molar-refractivity contribution in [1.29, 1.82) is 0 Å². The van der Waals surface area contributed by atoms with Gasteiger partial charge >= 0.3 is 0 Å². The molecule has 0 atom stereocenters. The van der Waals surface area contributed by atoms with E-state index in [1.165, 1.54) is 0 Å². The Morgan fingerprint density at radius 3 is 2.57 bits per heavy atom. The second-order valence-corrected chi connectivity index (χ2v) is 7.04. The highest BCUT2D eigenvalue weighted by Crippen LogP contribution is 2.10. The molecule has 1 aromatic heterocycles. The first-order valence-corrected chi connectivity index (χ1v) is 8.55. The minimum Gasteiger partial charge on any atom is -0.350 e. The lowest BCUT2D eigenvalue weighted by Crippen LogP contribution is -2.52. The van der Waals surface area contributed by atoms with Crippen LogP contribution in [-0.2, 0) is 11.3 Å². The summed E-state index contributed by atoms with van der Waals surface area (Å²) in [4.78, 5) is 21.0. The number of rotatable bonds is 6. The fraction of sp³-hybridized carbons (Fsp3) is 0.733. The molecule has 21 heavy (non-hydrogen) atoms. The summed E-state index contributed by atoms with van der Waals surface area (Å²) < 4.78 is 0. The van der Waals surface area contributed by atoms with Gasteiger partial charge in [0.05, 0.1) is 17.7 Å². The zero-order valence-electron chi connectivity index (χ0n) is 13.3. The van der Waals surface area contributed by atoms with E-state index in [2.05, 4.69) is 46.3 Å². The predicted octanol–water partition coefficient (Wildman–Crippen LogP) is 1.57. The number of hydrogen-bond acceptors (Lipinski definition) is 5. The van der Waals surface area contributed by atoms with Crippen LogP contribution in [0.5, 0.6) is 0 Å². The van der Waals surface area contributed by atoms with Crippen molar-refractivity contribution in [1.82, 2.24) is 20.1 Å². The first-order valence-electron chi connectivity index (χ1n) is 7.61. The standard InChI is InChI=1S/C15H26N4OS/c1-4-15(2,3)17-14(20)10-19-7-5-18(6-8-19)9-13-11-21-12-16-13/h11-12H,4-10H2,1-3H3,(H,17,20). The maximum atomic E-state index is 12.0. The summed E-state index contributed by atoms with van der Waals surface area (Å²) in [5, 5.41) is 5.20. The van der Waals surface area contributed by atoms with E-state index in [4.69, 9.17) is 0 Å². The van der Waals surface area contributed by atoms with Crippen LogP contribution in [0.4, 0.5) is 0 Å². The first-order chi connectivity index (χ1) is 9.98. The summed E-state index contributed by atoms with van der Waals surface area (Å²) in [5.41, 5.74) is 2.92. The van der Waals surface area contributed by atoms with Crippen LogP contribution >= 0.6 is 11.3 Å². The largest absolute Gasteiger partial charge is 0.350 e. The highest BCUT2D eigenvalue weighted by molar-refractivity contribution is 7.07. The van der Waals surface area contributed by atoms with Crippen LogP contribution in [0, 0.1) is 0 Å². The van der Waals surface area contributed by atoms with Crippen molar-refractivity contribution in [3.8, 4) is 0 Å². The molecule has 0 unspecified atom stereocenters. The van der Waals surface area contributed by atoms with E-state index < -0.39 is 0 Å². The quantitative estimate of drug-likeness (QED) is 0.866. The maximum absolute atomic E-state index is 12.0. The van der Waals surface area contributed by atoms with Gasteiger partial charge in [0, 0.05) is 43.6 Å². The van der Waals surface area contributed by atoms with E-state index in [1.54, 1.807) is 11.3 Å². The molecule has 1 aliphatic rings. The van der Waals surface area contributed by atoms with E-state index in [0.29, 0.717) is 6.54 Å². The van der Waals surface area contributed by atoms with Crippen molar-refractivity contribution in [2.75, 3.05) is 32.7 Å². The molecule has 1 N–H and O–H groups in total. The van der Waals surface area contributed by atoms with Gasteiger partial charge in [0.2, 0.25) is 5.91 Å². The van der Waals surface area contributed by atoms with Gasteiger partial charge in [-0.3, -0.25) is 14.6 Å². The third-order valence-corrected chi connectivity index (χ3v) is 4.70. The summed E-state index contributed by atoms with van der Waals surface area (Å²) in [5.74, 6) is 0.134. The van der Waals surface area contributed by atoms with E-state index >= 15 is 0 Å². The number of hydrogen-bond donors (Lipinski definition) is 1. The van der Waals surface area contributed by atoms with Crippen molar-refractivity contribution in [3.63, 3.8) is 0 Å². The number of nitrogens with one attached hydrogen (secondary N) is 1. The van der Waals surface area contributed by atoms with E-state index in [-0.39, 0.29) is 11.4 Å². The summed E-state index contributed by atoms with van der Waals surface area (Å²) in [7, 11) is 0. The molecular formula is C15H26N4OS. The van der Waals surface area contributed by atoms with Crippen molar-refractivity contribution in [2.45, 2.75) is 39.3 Å². The number of thiazole rings is 1. The average Bonchev–Trinajstić information content (AvgIpc) is 2.93. The minimum atomic E-state index is -0.108. The molecule has 1 aromatic rings. The van der Waals surface area contributed by atoms with Gasteiger partial charge in [0.15, 0.2) is 0 Å². The maximum Gasteiger partial charge on any atom is 0.234 e. The molecule has 0 saturated carbocycles. The van der Waals surface area contributed by atoms with Gasteiger partial charge in [-0.25, -0.2) is 4.98 Å². The lowest BCUT2D eigenvalue weighted by atomic mass is 10.0. The van der Waals surface area contributed by atoms with Gasteiger partial charge in [-0.1, -0.05) is 6.92 Å². The Hall–Kier alpha value is -0.980. The molecule has 0 bridgehead atoms. The van der Waals surface area contributed by atoms with Crippen LogP contribution < -0.4 is 5.32 Å². The lowest BCUT2D eigenvalue weighted by molar-refractivity contribution is -0.124. The molecular weight excluding hydrogens is 284 g/mol. The van der Waals surface area contributed by atoms with E-state index in [0.717, 1.165) is 44.8 Å². The Kier molecular flexibility index (Phi) is 5.72. The normalized spacial score (nSPS) is 17.9. The number of carbonyl (C=O) groups excluding carboxylic acids is 1. The summed E-state index contributed by atoms with van der Waals surface area (Å²) in [6.45, 7) is 11.6. The Morgan fingerprint density at radius 1 is 1.33 bits per heavy atom. The Morgan fingerprint density at radius 2 is 2.00 bits per heavy atom. The van der Waals surface area contributed by atoms with Crippen molar-refractivity contribution in [3.05, 3.63) is 16.6 Å². The number of piperazine rings is 1. The van der Waals surface area contributed by atoms with Crippen LogP contribution in [0.1, 0.15) is 32.9 Å². The Balaban J connectivity index is 1.70. The highest BCUT2D eigenvalue weighted by atomic mass is 32.1. The molecule has 2 rings (SSSR count). The molecule has 0 radical (unpaired) electrons. The summed E-state index contributed by atoms with van der Waals surface area (Å²) in [6, 6.07) is 0. The molecule has 2 heterocycles. The fourth-order valence-electron chi connectivity index (χ4n) is 2.36. The summed E-state index contributed by atoms with van der Waals surface area (Å²) in [6.07, 6.45) is 0.945. The molecule has 118 valence electrons. The van der Waals surface area contributed by atoms with Gasteiger partial charge in [-0.15, -0.1) is 11.3 Å². The van der Waals surface area contributed by atoms with Gasteiger partial charge in [-0.05, 0) is 20.3 Å². The third-order valence-electron chi connectivity index (χ3n) is 4.06. The number of amides is 1. The zero-order chi connectivity index (χ0) is 15.3. The average molecular weight is 310 g/mol. The SMILES string of the molecule is CCC(C)(C)NC(=O)CN1CCN(Cc2cscn2)CC1. The minimum absolute atomic E-state index is 0.108. The second-order valence-electron chi connectivity index (χ2n) is 6.32. The van der Waals surface area contributed by atoms with Gasteiger partial charge in [0.25, 0.3) is 0 Å². The van der Waals surface area contributed by atoms with Gasteiger partial charge in [0.1, 0.15) is 0 Å². The second kappa shape index (κ2) is 7.33. The van der Waals surface area contributed by atoms with Crippen molar-refractivity contribution >= 4 is 17.2 Å². The van der Waals surface area contributed by atoms with Gasteiger partial charge < -0.3 is 5.32 Å². The molecule has 0 aliphatic carbocycles. The zero-order valence-corrected chi connectivity index (χ0v) is 14.1. The van der Waals surface area contributed by atoms with Crippen LogP contribution in [0.15, 0.2) is 10.9 Å². The highest BCUT2D eigenvalue weighted by Gasteiger charge is 2.22. The van der Waals surface area contributed by atoms with E-state index in [1.807, 2.05) is 5.51 Å². The molecule has 5 nitrogen and oxygen atoms in total. The van der Waals surface area contributed by atoms with Gasteiger partial charge in [-0.2, -0.15) is 0 Å². The predicted molar refractivity (Wildman–Crippen MR) is 86.3 cm³/mol. The molecule has 6 heteroatoms. The number of nitrogens with zero attached hydrogens (tertiary/aromatic N) is 3. The van der Waals surface area contributed by atoms with Crippen molar-refractivity contribution in [2.24, 2.45) is 0 Å². The number of aromatic nitrogens is 1. The fourth-order valence-corrected chi connectivity index (χ4v) is 2.91. The molecule has 1 fully saturated rings. The van der Waals surface area contributed by atoms with Crippen molar-refractivity contribution < 1.29 is 4.79 Å². The molecule has 0 spiro atoms. The molecule has 1 aliphatic heterocycles.